The van der Waals surface area contributed by atoms with Gasteiger partial charge in [0.25, 0.3) is 5.91 Å². The van der Waals surface area contributed by atoms with E-state index in [4.69, 9.17) is 0 Å². The zero-order valence-corrected chi connectivity index (χ0v) is 8.98. The average molecular weight is 195 g/mol. The van der Waals surface area contributed by atoms with E-state index in [1.165, 1.54) is 0 Å². The molecule has 0 fully saturated rings. The van der Waals surface area contributed by atoms with Crippen molar-refractivity contribution in [2.45, 2.75) is 25.9 Å². The minimum atomic E-state index is -0.300. The molecule has 0 aromatic heterocycles. The van der Waals surface area contributed by atoms with Crippen LogP contribution in [-0.2, 0) is 4.79 Å². The van der Waals surface area contributed by atoms with E-state index in [2.05, 4.69) is 15.5 Å². The first-order valence-electron chi connectivity index (χ1n) is 4.99. The predicted octanol–water partition coefficient (Wildman–Crippen LogP) is 0.0315. The molecule has 0 bridgehead atoms. The molecule has 0 saturated carbocycles. The number of nitrogens with one attached hydrogen (secondary N) is 2. The Bertz CT molecular complexity index is 306. The number of hydrogen-bond acceptors (Lipinski definition) is 3. The lowest BCUT2D eigenvalue weighted by Crippen LogP contribution is -2.60. The zero-order valence-electron chi connectivity index (χ0n) is 8.98. The van der Waals surface area contributed by atoms with Crippen molar-refractivity contribution in [3.05, 3.63) is 11.3 Å². The van der Waals surface area contributed by atoms with E-state index in [-0.39, 0.29) is 11.6 Å². The molecule has 2 rings (SSSR count). The van der Waals surface area contributed by atoms with Gasteiger partial charge in [0.1, 0.15) is 5.66 Å². The van der Waals surface area contributed by atoms with Crippen LogP contribution in [0, 0.1) is 0 Å². The number of nitrogens with zero attached hydrogens (tertiary/aromatic N) is 1. The molecule has 0 aromatic rings. The van der Waals surface area contributed by atoms with Crippen LogP contribution in [0.25, 0.3) is 0 Å². The Morgan fingerprint density at radius 3 is 2.79 bits per heavy atom. The normalized spacial score (nSPS) is 26.6. The third-order valence-electron chi connectivity index (χ3n) is 2.70. The highest BCUT2D eigenvalue weighted by Crippen LogP contribution is 2.21. The molecule has 0 unspecified atom stereocenters. The summed E-state index contributed by atoms with van der Waals surface area (Å²) in [6.45, 7) is 5.74. The Hall–Kier alpha value is -1.03. The van der Waals surface area contributed by atoms with Crippen molar-refractivity contribution in [3.8, 4) is 0 Å². The van der Waals surface area contributed by atoms with Crippen molar-refractivity contribution in [2.24, 2.45) is 0 Å². The Labute approximate surface area is 84.3 Å². The van der Waals surface area contributed by atoms with Crippen LogP contribution >= 0.6 is 0 Å². The molecule has 4 heteroatoms. The van der Waals surface area contributed by atoms with E-state index in [1.54, 1.807) is 0 Å². The molecule has 0 atom stereocenters. The summed E-state index contributed by atoms with van der Waals surface area (Å²) in [6, 6.07) is 0. The number of amides is 1. The van der Waals surface area contributed by atoms with Gasteiger partial charge in [-0.05, 0) is 20.9 Å². The van der Waals surface area contributed by atoms with Gasteiger partial charge in [0.15, 0.2) is 0 Å². The van der Waals surface area contributed by atoms with Crippen LogP contribution in [0.2, 0.25) is 0 Å². The molecule has 0 spiro atoms. The van der Waals surface area contributed by atoms with Gasteiger partial charge in [-0.15, -0.1) is 0 Å². The summed E-state index contributed by atoms with van der Waals surface area (Å²) in [5, 5.41) is 6.31. The van der Waals surface area contributed by atoms with Gasteiger partial charge < -0.3 is 15.5 Å². The fourth-order valence-electron chi connectivity index (χ4n) is 2.01. The van der Waals surface area contributed by atoms with Crippen molar-refractivity contribution in [1.82, 2.24) is 15.5 Å². The number of carbonyl (C=O) groups excluding carboxylic acids is 1. The van der Waals surface area contributed by atoms with Gasteiger partial charge in [0.2, 0.25) is 0 Å². The maximum Gasteiger partial charge on any atom is 0.252 e. The van der Waals surface area contributed by atoms with E-state index in [0.717, 1.165) is 30.8 Å². The van der Waals surface area contributed by atoms with Crippen molar-refractivity contribution in [2.75, 3.05) is 20.1 Å². The first kappa shape index (κ1) is 9.52. The molecule has 0 radical (unpaired) electrons. The van der Waals surface area contributed by atoms with E-state index < -0.39 is 0 Å². The molecule has 0 aliphatic carbocycles. The minimum absolute atomic E-state index is 0.0790. The van der Waals surface area contributed by atoms with Crippen LogP contribution in [0.4, 0.5) is 0 Å². The van der Waals surface area contributed by atoms with Crippen molar-refractivity contribution >= 4 is 5.91 Å². The molecule has 78 valence electrons. The lowest BCUT2D eigenvalue weighted by atomic mass is 10.00. The highest BCUT2D eigenvalue weighted by molar-refractivity contribution is 5.96. The smallest absolute Gasteiger partial charge is 0.252 e. The first-order chi connectivity index (χ1) is 6.48. The monoisotopic (exact) mass is 195 g/mol. The fraction of sp³-hybridized carbons (Fsp3) is 0.700. The van der Waals surface area contributed by atoms with Crippen LogP contribution in [0.3, 0.4) is 0 Å². The quantitative estimate of drug-likeness (QED) is 0.573. The molecule has 2 aliphatic rings. The summed E-state index contributed by atoms with van der Waals surface area (Å²) in [5.41, 5.74) is 1.72. The molecule has 2 aliphatic heterocycles. The highest BCUT2D eigenvalue weighted by Gasteiger charge is 2.33. The summed E-state index contributed by atoms with van der Waals surface area (Å²) < 4.78 is 0. The molecule has 4 nitrogen and oxygen atoms in total. The predicted molar refractivity (Wildman–Crippen MR) is 54.5 cm³/mol. The Kier molecular flexibility index (Phi) is 2.03. The van der Waals surface area contributed by atoms with Gasteiger partial charge in [-0.25, -0.2) is 0 Å². The van der Waals surface area contributed by atoms with Gasteiger partial charge in [-0.2, -0.15) is 0 Å². The Balaban J connectivity index is 2.28. The number of likely N-dealkylation sites (N-methyl/N-ethyl adjacent to an activating group) is 1. The minimum Gasteiger partial charge on any atom is -0.366 e. The lowest BCUT2D eigenvalue weighted by molar-refractivity contribution is -0.120. The molecule has 14 heavy (non-hydrogen) atoms. The number of hydrogen-bond donors (Lipinski definition) is 2. The highest BCUT2D eigenvalue weighted by atomic mass is 16.2. The van der Waals surface area contributed by atoms with Gasteiger partial charge in [0.05, 0.1) is 0 Å². The number of carbonyl (C=O) groups is 1. The standard InChI is InChI=1S/C10H17N3O/c1-10(2)11-8-4-5-13(3)6-7(8)9(14)12-10/h11H,4-6H2,1-3H3,(H,12,14). The zero-order chi connectivity index (χ0) is 10.3. The average Bonchev–Trinajstić information content (AvgIpc) is 2.05. The SMILES string of the molecule is CN1CCC2=C(C1)C(=O)NC(C)(C)N2. The van der Waals surface area contributed by atoms with E-state index in [9.17, 15) is 4.79 Å². The Morgan fingerprint density at radius 2 is 2.07 bits per heavy atom. The van der Waals surface area contributed by atoms with E-state index in [0.29, 0.717) is 0 Å². The summed E-state index contributed by atoms with van der Waals surface area (Å²) in [4.78, 5) is 13.9. The lowest BCUT2D eigenvalue weighted by Gasteiger charge is -2.39. The van der Waals surface area contributed by atoms with Crippen LogP contribution in [0.15, 0.2) is 11.3 Å². The topological polar surface area (TPSA) is 44.4 Å². The Morgan fingerprint density at radius 1 is 1.36 bits per heavy atom. The molecule has 0 saturated heterocycles. The third kappa shape index (κ3) is 1.62. The maximum atomic E-state index is 11.8. The first-order valence-corrected chi connectivity index (χ1v) is 4.99. The van der Waals surface area contributed by atoms with Gasteiger partial charge in [-0.1, -0.05) is 0 Å². The van der Waals surface area contributed by atoms with Gasteiger partial charge >= 0.3 is 0 Å². The van der Waals surface area contributed by atoms with Crippen molar-refractivity contribution < 1.29 is 4.79 Å². The second kappa shape index (κ2) is 2.98. The molecular weight excluding hydrogens is 178 g/mol. The van der Waals surface area contributed by atoms with Crippen LogP contribution in [-0.4, -0.2) is 36.6 Å². The second-order valence-corrected chi connectivity index (χ2v) is 4.65. The molecule has 2 N–H and O–H groups in total. The molecular formula is C10H17N3O. The largest absolute Gasteiger partial charge is 0.366 e. The van der Waals surface area contributed by atoms with Gasteiger partial charge in [-0.3, -0.25) is 4.79 Å². The van der Waals surface area contributed by atoms with Crippen LogP contribution in [0.5, 0.6) is 0 Å². The van der Waals surface area contributed by atoms with Crippen molar-refractivity contribution in [3.63, 3.8) is 0 Å². The van der Waals surface area contributed by atoms with E-state index in [1.807, 2.05) is 20.9 Å². The van der Waals surface area contributed by atoms with Crippen LogP contribution in [0.1, 0.15) is 20.3 Å². The third-order valence-corrected chi connectivity index (χ3v) is 2.70. The van der Waals surface area contributed by atoms with Gasteiger partial charge in [0, 0.05) is 30.8 Å². The maximum absolute atomic E-state index is 11.8. The van der Waals surface area contributed by atoms with Crippen molar-refractivity contribution in [1.29, 1.82) is 0 Å². The summed E-state index contributed by atoms with van der Waals surface area (Å²) >= 11 is 0. The summed E-state index contributed by atoms with van der Waals surface area (Å²) in [5.74, 6) is 0.0790. The molecule has 0 aromatic carbocycles. The summed E-state index contributed by atoms with van der Waals surface area (Å²) in [7, 11) is 2.04. The molecule has 1 amide bonds. The number of rotatable bonds is 0. The molecule has 2 heterocycles. The second-order valence-electron chi connectivity index (χ2n) is 4.65. The van der Waals surface area contributed by atoms with E-state index >= 15 is 0 Å². The summed E-state index contributed by atoms with van der Waals surface area (Å²) in [6.07, 6.45) is 0.947. The van der Waals surface area contributed by atoms with Crippen LogP contribution < -0.4 is 10.6 Å². The fourth-order valence-corrected chi connectivity index (χ4v) is 2.01.